The molecule has 10 heteroatoms. The summed E-state index contributed by atoms with van der Waals surface area (Å²) in [7, 11) is 3.23. The second-order valence-corrected chi connectivity index (χ2v) is 11.9. The predicted molar refractivity (Wildman–Crippen MR) is 191 cm³/mol. The van der Waals surface area contributed by atoms with Gasteiger partial charge in [0.25, 0.3) is 5.91 Å². The van der Waals surface area contributed by atoms with E-state index in [1.807, 2.05) is 12.1 Å². The molecule has 0 aliphatic rings. The third-order valence-electron chi connectivity index (χ3n) is 8.19. The number of carboxylic acids is 1. The number of unbranched alkanes of at least 4 members (excludes halogenated alkanes) is 4. The molecule has 0 radical (unpaired) electrons. The van der Waals surface area contributed by atoms with E-state index in [1.165, 1.54) is 24.2 Å². The number of esters is 1. The number of nitrogens with zero attached hydrogens (tertiary/aromatic N) is 1. The van der Waals surface area contributed by atoms with E-state index in [-0.39, 0.29) is 24.3 Å². The van der Waals surface area contributed by atoms with E-state index in [0.29, 0.717) is 40.7 Å². The topological polar surface area (TPSA) is 131 Å². The lowest BCUT2D eigenvalue weighted by Gasteiger charge is -2.18. The van der Waals surface area contributed by atoms with Crippen molar-refractivity contribution in [2.75, 3.05) is 25.7 Å². The van der Waals surface area contributed by atoms with Gasteiger partial charge in [-0.25, -0.2) is 9.59 Å². The number of amides is 2. The minimum absolute atomic E-state index is 0.00997. The Morgan fingerprint density at radius 1 is 0.720 bits per heavy atom. The van der Waals surface area contributed by atoms with Crippen molar-refractivity contribution in [2.24, 2.45) is 0 Å². The molecule has 50 heavy (non-hydrogen) atoms. The standard InChI is InChI=1S/C40H44N2O8/c1-4-5-6-7-8-25-49-34-23-15-31(16-24-34)40(47)50-35-21-11-28(12-22-35)26-36(39(45)46)41-38(44)30-13-17-32(18-14-30)42(2)37(43)27-29-9-19-33(48-3)20-10-29/h9-24,36H,4-8,25-27H2,1-3H3,(H,41,44)(H,45,46). The molecule has 0 heterocycles. The molecule has 1 atom stereocenters. The summed E-state index contributed by atoms with van der Waals surface area (Å²) in [6, 6.07) is 25.6. The highest BCUT2D eigenvalue weighted by molar-refractivity contribution is 5.98. The Balaban J connectivity index is 1.26. The fourth-order valence-electron chi connectivity index (χ4n) is 5.14. The summed E-state index contributed by atoms with van der Waals surface area (Å²) in [6.45, 7) is 2.81. The van der Waals surface area contributed by atoms with Gasteiger partial charge < -0.3 is 29.5 Å². The molecule has 0 saturated carbocycles. The number of nitrogens with one attached hydrogen (secondary N) is 1. The van der Waals surface area contributed by atoms with Crippen LogP contribution >= 0.6 is 0 Å². The molecule has 0 aromatic heterocycles. The number of anilines is 1. The minimum Gasteiger partial charge on any atom is -0.497 e. The van der Waals surface area contributed by atoms with Crippen molar-refractivity contribution < 1.29 is 38.5 Å². The molecule has 4 aromatic carbocycles. The lowest BCUT2D eigenvalue weighted by atomic mass is 10.0. The van der Waals surface area contributed by atoms with Gasteiger partial charge in [-0.3, -0.25) is 9.59 Å². The summed E-state index contributed by atoms with van der Waals surface area (Å²) in [4.78, 5) is 52.0. The Morgan fingerprint density at radius 3 is 1.92 bits per heavy atom. The Hall–Kier alpha value is -5.64. The van der Waals surface area contributed by atoms with Crippen molar-refractivity contribution in [1.29, 1.82) is 0 Å². The second-order valence-electron chi connectivity index (χ2n) is 11.9. The molecule has 4 rings (SSSR count). The van der Waals surface area contributed by atoms with Crippen LogP contribution in [0, 0.1) is 0 Å². The summed E-state index contributed by atoms with van der Waals surface area (Å²) in [5.41, 5.74) is 2.67. The lowest BCUT2D eigenvalue weighted by Crippen LogP contribution is -2.42. The van der Waals surface area contributed by atoms with Crippen LogP contribution in [0.25, 0.3) is 0 Å². The zero-order valence-corrected chi connectivity index (χ0v) is 28.7. The molecule has 0 aliphatic carbocycles. The Morgan fingerprint density at radius 2 is 1.30 bits per heavy atom. The molecule has 10 nitrogen and oxygen atoms in total. The number of carbonyl (C=O) groups excluding carboxylic acids is 3. The Labute approximate surface area is 293 Å². The molecular weight excluding hydrogens is 636 g/mol. The summed E-state index contributed by atoms with van der Waals surface area (Å²) in [5.74, 6) is -0.727. The molecule has 0 spiro atoms. The van der Waals surface area contributed by atoms with E-state index < -0.39 is 23.9 Å². The maximum atomic E-state index is 13.0. The van der Waals surface area contributed by atoms with E-state index in [1.54, 1.807) is 99.1 Å². The quantitative estimate of drug-likeness (QED) is 0.0660. The molecule has 1 unspecified atom stereocenters. The number of likely N-dealkylation sites (N-methyl/N-ethyl adjacent to an activating group) is 1. The van der Waals surface area contributed by atoms with E-state index in [0.717, 1.165) is 18.4 Å². The van der Waals surface area contributed by atoms with Crippen LogP contribution in [0.3, 0.4) is 0 Å². The van der Waals surface area contributed by atoms with Gasteiger partial charge in [-0.05, 0) is 90.3 Å². The van der Waals surface area contributed by atoms with Gasteiger partial charge in [0, 0.05) is 24.7 Å². The molecule has 4 aromatic rings. The van der Waals surface area contributed by atoms with E-state index in [9.17, 15) is 24.3 Å². The number of methoxy groups -OCH3 is 1. The van der Waals surface area contributed by atoms with Crippen LogP contribution < -0.4 is 24.4 Å². The minimum atomic E-state index is -1.21. The molecule has 262 valence electrons. The Kier molecular flexibility index (Phi) is 14.0. The summed E-state index contributed by atoms with van der Waals surface area (Å²) < 4.78 is 16.4. The molecule has 0 fully saturated rings. The SMILES string of the molecule is CCCCCCCOc1ccc(C(=O)Oc2ccc(CC(NC(=O)c3ccc(N(C)C(=O)Cc4ccc(OC)cc4)cc3)C(=O)O)cc2)cc1. The molecule has 2 N–H and O–H groups in total. The fourth-order valence-corrected chi connectivity index (χ4v) is 5.14. The zero-order valence-electron chi connectivity index (χ0n) is 28.7. The maximum absolute atomic E-state index is 13.0. The van der Waals surface area contributed by atoms with Crippen LogP contribution in [0.4, 0.5) is 5.69 Å². The van der Waals surface area contributed by atoms with Crippen LogP contribution in [0.15, 0.2) is 97.1 Å². The summed E-state index contributed by atoms with van der Waals surface area (Å²) in [6.07, 6.45) is 5.96. The van der Waals surface area contributed by atoms with Gasteiger partial charge in [0.1, 0.15) is 23.3 Å². The lowest BCUT2D eigenvalue weighted by molar-refractivity contribution is -0.139. The highest BCUT2D eigenvalue weighted by Crippen LogP contribution is 2.20. The van der Waals surface area contributed by atoms with Gasteiger partial charge in [-0.1, -0.05) is 56.9 Å². The molecule has 2 amide bonds. The van der Waals surface area contributed by atoms with Crippen molar-refractivity contribution in [3.05, 3.63) is 119 Å². The fraction of sp³-hybridized carbons (Fsp3) is 0.300. The first-order valence-corrected chi connectivity index (χ1v) is 16.7. The predicted octanol–water partition coefficient (Wildman–Crippen LogP) is 6.89. The van der Waals surface area contributed by atoms with Gasteiger partial charge in [0.2, 0.25) is 5.91 Å². The third-order valence-corrected chi connectivity index (χ3v) is 8.19. The largest absolute Gasteiger partial charge is 0.497 e. The first-order valence-electron chi connectivity index (χ1n) is 16.7. The number of carbonyl (C=O) groups is 4. The van der Waals surface area contributed by atoms with Crippen molar-refractivity contribution in [1.82, 2.24) is 5.32 Å². The van der Waals surface area contributed by atoms with Crippen LogP contribution in [0.5, 0.6) is 17.2 Å². The normalized spacial score (nSPS) is 11.3. The van der Waals surface area contributed by atoms with E-state index in [2.05, 4.69) is 12.2 Å². The van der Waals surface area contributed by atoms with Gasteiger partial charge in [-0.2, -0.15) is 0 Å². The Bertz CT molecular complexity index is 1700. The number of carboxylic acid groups (broad SMARTS) is 1. The van der Waals surface area contributed by atoms with E-state index >= 15 is 0 Å². The molecule has 0 bridgehead atoms. The van der Waals surface area contributed by atoms with Crippen LogP contribution in [-0.2, 0) is 22.4 Å². The second kappa shape index (κ2) is 18.8. The maximum Gasteiger partial charge on any atom is 0.343 e. The summed E-state index contributed by atoms with van der Waals surface area (Å²) in [5, 5.41) is 12.4. The zero-order chi connectivity index (χ0) is 35.9. The third kappa shape index (κ3) is 11.2. The van der Waals surface area contributed by atoms with Crippen LogP contribution in [0.1, 0.15) is 70.9 Å². The number of ether oxygens (including phenoxy) is 3. The van der Waals surface area contributed by atoms with E-state index in [4.69, 9.17) is 14.2 Å². The number of hydrogen-bond donors (Lipinski definition) is 2. The smallest absolute Gasteiger partial charge is 0.343 e. The number of rotatable bonds is 18. The van der Waals surface area contributed by atoms with Crippen LogP contribution in [-0.4, -0.2) is 55.7 Å². The van der Waals surface area contributed by atoms with Crippen LogP contribution in [0.2, 0.25) is 0 Å². The highest BCUT2D eigenvalue weighted by atomic mass is 16.5. The van der Waals surface area contributed by atoms with Crippen molar-refractivity contribution in [3.8, 4) is 17.2 Å². The molecule has 0 aliphatic heterocycles. The van der Waals surface area contributed by atoms with Gasteiger partial charge >= 0.3 is 11.9 Å². The monoisotopic (exact) mass is 680 g/mol. The molecular formula is C40H44N2O8. The molecule has 0 saturated heterocycles. The number of hydrogen-bond acceptors (Lipinski definition) is 7. The van der Waals surface area contributed by atoms with Gasteiger partial charge in [0.05, 0.1) is 25.7 Å². The van der Waals surface area contributed by atoms with Gasteiger partial charge in [0.15, 0.2) is 0 Å². The number of benzene rings is 4. The summed E-state index contributed by atoms with van der Waals surface area (Å²) >= 11 is 0. The van der Waals surface area contributed by atoms with Gasteiger partial charge in [-0.15, -0.1) is 0 Å². The first kappa shape index (κ1) is 37.2. The first-order chi connectivity index (χ1) is 24.2. The number of aliphatic carboxylic acids is 1. The van der Waals surface area contributed by atoms with Crippen molar-refractivity contribution >= 4 is 29.4 Å². The average molecular weight is 681 g/mol. The van der Waals surface area contributed by atoms with Crippen molar-refractivity contribution in [3.63, 3.8) is 0 Å². The average Bonchev–Trinajstić information content (AvgIpc) is 3.13. The highest BCUT2D eigenvalue weighted by Gasteiger charge is 2.22. The van der Waals surface area contributed by atoms with Crippen molar-refractivity contribution in [2.45, 2.75) is 57.9 Å².